The summed E-state index contributed by atoms with van der Waals surface area (Å²) in [5.74, 6) is -0.416. The molecule has 8 heteroatoms. The highest BCUT2D eigenvalue weighted by molar-refractivity contribution is 7.89. The second-order valence-corrected chi connectivity index (χ2v) is 8.35. The number of likely N-dealkylation sites (N-methyl/N-ethyl adjacent to an activating group) is 1. The Kier molecular flexibility index (Phi) is 4.63. The number of amides is 1. The van der Waals surface area contributed by atoms with Gasteiger partial charge < -0.3 is 4.90 Å². The second kappa shape index (κ2) is 6.42. The van der Waals surface area contributed by atoms with E-state index < -0.39 is 15.8 Å². The van der Waals surface area contributed by atoms with Crippen molar-refractivity contribution in [2.75, 3.05) is 39.8 Å². The Morgan fingerprint density at radius 2 is 1.79 bits per heavy atom. The Balaban J connectivity index is 1.69. The van der Waals surface area contributed by atoms with Crippen molar-refractivity contribution in [1.29, 1.82) is 0 Å². The Morgan fingerprint density at radius 3 is 2.33 bits per heavy atom. The van der Waals surface area contributed by atoms with Crippen molar-refractivity contribution >= 4 is 15.9 Å². The molecule has 6 nitrogen and oxygen atoms in total. The van der Waals surface area contributed by atoms with Crippen LogP contribution in [0.1, 0.15) is 12.0 Å². The maximum atomic E-state index is 13.7. The number of halogens is 1. The first kappa shape index (κ1) is 17.3. The summed E-state index contributed by atoms with van der Waals surface area (Å²) in [7, 11) is -1.91. The van der Waals surface area contributed by atoms with Crippen LogP contribution in [0.2, 0.25) is 0 Å². The van der Waals surface area contributed by atoms with Crippen LogP contribution in [-0.4, -0.2) is 74.2 Å². The first-order valence-electron chi connectivity index (χ1n) is 8.06. The molecule has 2 heterocycles. The molecule has 3 rings (SSSR count). The molecule has 2 aliphatic heterocycles. The summed E-state index contributed by atoms with van der Waals surface area (Å²) in [5, 5.41) is 0. The van der Waals surface area contributed by atoms with Crippen LogP contribution < -0.4 is 0 Å². The van der Waals surface area contributed by atoms with Crippen LogP contribution in [0.25, 0.3) is 0 Å². The van der Waals surface area contributed by atoms with Gasteiger partial charge in [0.25, 0.3) is 0 Å². The molecule has 132 valence electrons. The minimum absolute atomic E-state index is 0.0178. The number of carbonyl (C=O) groups excluding carboxylic acids is 1. The average molecular weight is 355 g/mol. The fourth-order valence-electron chi connectivity index (χ4n) is 3.28. The van der Waals surface area contributed by atoms with Gasteiger partial charge in [-0.2, -0.15) is 4.31 Å². The van der Waals surface area contributed by atoms with Crippen LogP contribution in [0, 0.1) is 12.7 Å². The summed E-state index contributed by atoms with van der Waals surface area (Å²) in [4.78, 5) is 15.8. The normalized spacial score (nSPS) is 23.9. The molecule has 2 aliphatic rings. The fourth-order valence-corrected chi connectivity index (χ4v) is 4.72. The van der Waals surface area contributed by atoms with E-state index in [0.29, 0.717) is 31.7 Å². The van der Waals surface area contributed by atoms with Gasteiger partial charge >= 0.3 is 0 Å². The lowest BCUT2D eigenvalue weighted by molar-refractivity contribution is -0.131. The van der Waals surface area contributed by atoms with Gasteiger partial charge in [-0.1, -0.05) is 6.07 Å². The Morgan fingerprint density at radius 1 is 1.12 bits per heavy atom. The highest BCUT2D eigenvalue weighted by Crippen LogP contribution is 2.22. The molecule has 0 radical (unpaired) electrons. The third-order valence-corrected chi connectivity index (χ3v) is 6.79. The SMILES string of the molecule is Cc1ccc(S(=O)(=O)N2CCN(C3CCN(C)C3=O)CC2)cc1F. The third kappa shape index (κ3) is 3.05. The largest absolute Gasteiger partial charge is 0.344 e. The van der Waals surface area contributed by atoms with Crippen molar-refractivity contribution in [3.8, 4) is 0 Å². The van der Waals surface area contributed by atoms with Crippen molar-refractivity contribution in [2.45, 2.75) is 24.3 Å². The van der Waals surface area contributed by atoms with Crippen LogP contribution >= 0.6 is 0 Å². The Bertz CT molecular complexity index is 745. The molecule has 0 spiro atoms. The lowest BCUT2D eigenvalue weighted by Gasteiger charge is -2.36. The highest BCUT2D eigenvalue weighted by atomic mass is 32.2. The van der Waals surface area contributed by atoms with Crippen molar-refractivity contribution in [3.63, 3.8) is 0 Å². The van der Waals surface area contributed by atoms with Crippen LogP contribution in [0.3, 0.4) is 0 Å². The second-order valence-electron chi connectivity index (χ2n) is 6.42. The van der Waals surface area contributed by atoms with Crippen LogP contribution in [0.4, 0.5) is 4.39 Å². The molecule has 2 fully saturated rings. The first-order valence-corrected chi connectivity index (χ1v) is 9.50. The number of sulfonamides is 1. The van der Waals surface area contributed by atoms with Gasteiger partial charge in [-0.05, 0) is 31.0 Å². The van der Waals surface area contributed by atoms with E-state index in [-0.39, 0.29) is 16.8 Å². The Labute approximate surface area is 141 Å². The summed E-state index contributed by atoms with van der Waals surface area (Å²) in [6.07, 6.45) is 0.783. The van der Waals surface area contributed by atoms with E-state index in [1.807, 2.05) is 4.90 Å². The predicted octanol–water partition coefficient (Wildman–Crippen LogP) is 0.671. The number of aryl methyl sites for hydroxylation is 1. The molecule has 0 aliphatic carbocycles. The van der Waals surface area contributed by atoms with Crippen LogP contribution in [-0.2, 0) is 14.8 Å². The molecule has 0 bridgehead atoms. The Hall–Kier alpha value is -1.51. The topological polar surface area (TPSA) is 60.9 Å². The number of hydrogen-bond donors (Lipinski definition) is 0. The number of hydrogen-bond acceptors (Lipinski definition) is 4. The maximum absolute atomic E-state index is 13.7. The average Bonchev–Trinajstić information content (AvgIpc) is 2.89. The van der Waals surface area contributed by atoms with Gasteiger partial charge in [0, 0.05) is 39.8 Å². The van der Waals surface area contributed by atoms with Gasteiger partial charge in [-0.25, -0.2) is 12.8 Å². The minimum Gasteiger partial charge on any atom is -0.344 e. The smallest absolute Gasteiger partial charge is 0.243 e. The van der Waals surface area contributed by atoms with Gasteiger partial charge in [-0.15, -0.1) is 0 Å². The number of benzene rings is 1. The van der Waals surface area contributed by atoms with Gasteiger partial charge in [0.1, 0.15) is 5.82 Å². The van der Waals surface area contributed by atoms with Crippen LogP contribution in [0.5, 0.6) is 0 Å². The zero-order valence-corrected chi connectivity index (χ0v) is 14.7. The molecule has 1 unspecified atom stereocenters. The zero-order chi connectivity index (χ0) is 17.5. The van der Waals surface area contributed by atoms with Gasteiger partial charge in [0.2, 0.25) is 15.9 Å². The molecular weight excluding hydrogens is 333 g/mol. The molecule has 2 saturated heterocycles. The van der Waals surface area contributed by atoms with Crippen molar-refractivity contribution in [1.82, 2.24) is 14.1 Å². The van der Waals surface area contributed by atoms with Crippen molar-refractivity contribution in [3.05, 3.63) is 29.6 Å². The summed E-state index contributed by atoms with van der Waals surface area (Å²) in [6, 6.07) is 3.85. The number of carbonyl (C=O) groups is 1. The number of piperazine rings is 1. The van der Waals surface area contributed by atoms with E-state index in [0.717, 1.165) is 19.0 Å². The van der Waals surface area contributed by atoms with E-state index in [4.69, 9.17) is 0 Å². The molecule has 1 atom stereocenters. The summed E-state index contributed by atoms with van der Waals surface area (Å²) >= 11 is 0. The standard InChI is InChI=1S/C16H22FN3O3S/c1-12-3-4-13(11-14(12)17)24(22,23)20-9-7-19(8-10-20)15-5-6-18(2)16(15)21/h3-4,11,15H,5-10H2,1-2H3. The predicted molar refractivity (Wildman–Crippen MR) is 87.5 cm³/mol. The summed E-state index contributed by atoms with van der Waals surface area (Å²) in [5.41, 5.74) is 0.419. The lowest BCUT2D eigenvalue weighted by Crippen LogP contribution is -2.53. The molecule has 1 aromatic carbocycles. The molecule has 24 heavy (non-hydrogen) atoms. The summed E-state index contributed by atoms with van der Waals surface area (Å²) < 4.78 is 40.4. The molecule has 0 aromatic heterocycles. The quantitative estimate of drug-likeness (QED) is 0.800. The summed E-state index contributed by atoms with van der Waals surface area (Å²) in [6.45, 7) is 3.98. The number of likely N-dealkylation sites (tertiary alicyclic amines) is 1. The van der Waals surface area contributed by atoms with E-state index in [2.05, 4.69) is 0 Å². The fraction of sp³-hybridized carbons (Fsp3) is 0.562. The molecule has 1 aromatic rings. The monoisotopic (exact) mass is 355 g/mol. The lowest BCUT2D eigenvalue weighted by atomic mass is 10.2. The van der Waals surface area contributed by atoms with Crippen molar-refractivity contribution < 1.29 is 17.6 Å². The maximum Gasteiger partial charge on any atom is 0.243 e. The highest BCUT2D eigenvalue weighted by Gasteiger charge is 2.37. The van der Waals surface area contributed by atoms with Gasteiger partial charge in [0.15, 0.2) is 0 Å². The minimum atomic E-state index is -3.70. The third-order valence-electron chi connectivity index (χ3n) is 4.89. The van der Waals surface area contributed by atoms with E-state index in [1.54, 1.807) is 18.9 Å². The van der Waals surface area contributed by atoms with E-state index in [1.165, 1.54) is 16.4 Å². The molecule has 0 N–H and O–H groups in total. The zero-order valence-electron chi connectivity index (χ0n) is 13.9. The molecular formula is C16H22FN3O3S. The van der Waals surface area contributed by atoms with Crippen molar-refractivity contribution in [2.24, 2.45) is 0 Å². The molecule has 0 saturated carbocycles. The number of nitrogens with zero attached hydrogens (tertiary/aromatic N) is 3. The van der Waals surface area contributed by atoms with Gasteiger partial charge in [-0.3, -0.25) is 9.69 Å². The van der Waals surface area contributed by atoms with E-state index >= 15 is 0 Å². The van der Waals surface area contributed by atoms with E-state index in [9.17, 15) is 17.6 Å². The van der Waals surface area contributed by atoms with Crippen LogP contribution in [0.15, 0.2) is 23.1 Å². The first-order chi connectivity index (χ1) is 11.3. The number of rotatable bonds is 3. The molecule has 1 amide bonds. The van der Waals surface area contributed by atoms with Gasteiger partial charge in [0.05, 0.1) is 10.9 Å².